The van der Waals surface area contributed by atoms with Gasteiger partial charge >= 0.3 is 0 Å². The highest BCUT2D eigenvalue weighted by Gasteiger charge is 2.65. The van der Waals surface area contributed by atoms with Crippen LogP contribution in [0, 0.1) is 28.6 Å². The largest absolute Gasteiger partial charge is 0.370 e. The molecule has 4 nitrogen and oxygen atoms in total. The van der Waals surface area contributed by atoms with E-state index in [1.165, 1.54) is 44.9 Å². The van der Waals surface area contributed by atoms with Gasteiger partial charge in [0.15, 0.2) is 5.96 Å². The lowest BCUT2D eigenvalue weighted by Crippen LogP contribution is -2.63. The van der Waals surface area contributed by atoms with E-state index in [1.807, 2.05) is 11.9 Å². The second kappa shape index (κ2) is 6.92. The van der Waals surface area contributed by atoms with Crippen molar-refractivity contribution in [2.45, 2.75) is 90.0 Å². The van der Waals surface area contributed by atoms with Crippen molar-refractivity contribution >= 4 is 11.7 Å². The molecule has 0 heterocycles. The summed E-state index contributed by atoms with van der Waals surface area (Å²) in [5, 5.41) is 8.06. The molecule has 142 valence electrons. The molecule has 25 heavy (non-hydrogen) atoms. The number of carbonyl (C=O) groups is 1. The Labute approximate surface area is 153 Å². The van der Waals surface area contributed by atoms with Crippen molar-refractivity contribution in [2.24, 2.45) is 28.9 Å². The van der Waals surface area contributed by atoms with Crippen molar-refractivity contribution in [3.8, 4) is 0 Å². The van der Waals surface area contributed by atoms with Gasteiger partial charge in [-0.15, -0.1) is 0 Å². The van der Waals surface area contributed by atoms with Gasteiger partial charge in [0.2, 0.25) is 0 Å². The van der Waals surface area contributed by atoms with Crippen LogP contribution in [-0.2, 0) is 4.79 Å². The van der Waals surface area contributed by atoms with Crippen LogP contribution >= 0.6 is 0 Å². The molecule has 3 rings (SSSR count). The summed E-state index contributed by atoms with van der Waals surface area (Å²) in [5.74, 6) is 2.29. The predicted molar refractivity (Wildman–Crippen MR) is 102 cm³/mol. The lowest BCUT2D eigenvalue weighted by molar-refractivity contribution is -0.140. The first kappa shape index (κ1) is 18.7. The molecular weight excluding hydrogens is 310 g/mol. The van der Waals surface area contributed by atoms with E-state index in [4.69, 9.17) is 11.1 Å². The Balaban J connectivity index is 1.85. The highest BCUT2D eigenvalue weighted by Crippen LogP contribution is 2.61. The minimum atomic E-state index is -0.358. The third-order valence-electron chi connectivity index (χ3n) is 8.47. The number of hydrogen-bond donors (Lipinski definition) is 2. The first-order valence-electron chi connectivity index (χ1n) is 10.4. The van der Waals surface area contributed by atoms with E-state index >= 15 is 0 Å². The Morgan fingerprint density at radius 3 is 2.48 bits per heavy atom. The van der Waals surface area contributed by atoms with Crippen LogP contribution in [0.3, 0.4) is 0 Å². The van der Waals surface area contributed by atoms with Gasteiger partial charge in [0, 0.05) is 13.5 Å². The average Bonchev–Trinajstić information content (AvgIpc) is 2.84. The van der Waals surface area contributed by atoms with Crippen molar-refractivity contribution in [1.29, 1.82) is 5.41 Å². The summed E-state index contributed by atoms with van der Waals surface area (Å²) in [4.78, 5) is 15.0. The van der Waals surface area contributed by atoms with Crippen molar-refractivity contribution in [1.82, 2.24) is 4.90 Å². The Bertz CT molecular complexity index is 527. The zero-order chi connectivity index (χ0) is 18.2. The third-order valence-corrected chi connectivity index (χ3v) is 8.47. The molecule has 0 amide bonds. The van der Waals surface area contributed by atoms with Gasteiger partial charge in [-0.3, -0.25) is 10.2 Å². The normalized spacial score (nSPS) is 39.2. The van der Waals surface area contributed by atoms with Crippen LogP contribution < -0.4 is 5.73 Å². The molecule has 0 radical (unpaired) electrons. The molecule has 0 aromatic carbocycles. The molecule has 3 N–H and O–H groups in total. The summed E-state index contributed by atoms with van der Waals surface area (Å²) in [5.41, 5.74) is 5.24. The van der Waals surface area contributed by atoms with Gasteiger partial charge in [-0.1, -0.05) is 45.4 Å². The van der Waals surface area contributed by atoms with Gasteiger partial charge in [-0.05, 0) is 50.4 Å². The van der Waals surface area contributed by atoms with Crippen LogP contribution in [0.15, 0.2) is 0 Å². The summed E-state index contributed by atoms with van der Waals surface area (Å²) in [6.07, 6.45) is 13.4. The number of carbonyl (C=O) groups excluding carboxylic acids is 1. The minimum Gasteiger partial charge on any atom is -0.370 e. The predicted octanol–water partition coefficient (Wildman–Crippen LogP) is 4.33. The van der Waals surface area contributed by atoms with Crippen LogP contribution in [-0.4, -0.2) is 29.2 Å². The van der Waals surface area contributed by atoms with E-state index in [-0.39, 0.29) is 16.9 Å². The topological polar surface area (TPSA) is 70.2 Å². The smallest absolute Gasteiger partial charge is 0.188 e. The summed E-state index contributed by atoms with van der Waals surface area (Å²) in [6.45, 7) is 4.41. The van der Waals surface area contributed by atoms with Crippen molar-refractivity contribution in [3.63, 3.8) is 0 Å². The van der Waals surface area contributed by atoms with Crippen LogP contribution in [0.4, 0.5) is 0 Å². The molecular formula is C21H37N3O. The molecule has 3 saturated carbocycles. The standard InChI is InChI=1S/C21H37N3O/c1-20-16(10-7-11-18(20)25)14-17(21(20,2)24(3)19(22)23)13-12-15-8-5-4-6-9-15/h15-17H,4-14H2,1-3H3,(H3,22,23)/t16?,17-,20?,21?/m0/s1. The van der Waals surface area contributed by atoms with Crippen LogP contribution in [0.5, 0.6) is 0 Å². The monoisotopic (exact) mass is 347 g/mol. The number of nitrogens with zero attached hydrogens (tertiary/aromatic N) is 1. The molecule has 3 aliphatic carbocycles. The highest BCUT2D eigenvalue weighted by molar-refractivity contribution is 5.89. The van der Waals surface area contributed by atoms with E-state index < -0.39 is 0 Å². The maximum Gasteiger partial charge on any atom is 0.188 e. The SMILES string of the molecule is CN(C(=N)N)C1(C)[C@@H](CCC2CCCCC2)CC2CCCC(=O)C21C. The number of Topliss-reactive ketones (excluding diaryl/α,β-unsaturated/α-hetero) is 1. The zero-order valence-corrected chi connectivity index (χ0v) is 16.4. The Kier molecular flexibility index (Phi) is 5.18. The highest BCUT2D eigenvalue weighted by atomic mass is 16.1. The van der Waals surface area contributed by atoms with E-state index in [9.17, 15) is 4.79 Å². The van der Waals surface area contributed by atoms with Gasteiger partial charge in [-0.2, -0.15) is 0 Å². The minimum absolute atomic E-state index is 0.102. The fraction of sp³-hybridized carbons (Fsp3) is 0.905. The van der Waals surface area contributed by atoms with Gasteiger partial charge in [0.05, 0.1) is 11.0 Å². The number of fused-ring (bicyclic) bond motifs is 1. The number of nitrogens with two attached hydrogens (primary N) is 1. The number of nitrogens with one attached hydrogen (secondary N) is 1. The molecule has 0 saturated heterocycles. The van der Waals surface area contributed by atoms with E-state index in [0.717, 1.165) is 25.2 Å². The molecule has 4 atom stereocenters. The van der Waals surface area contributed by atoms with Gasteiger partial charge < -0.3 is 10.6 Å². The van der Waals surface area contributed by atoms with Gasteiger partial charge in [-0.25, -0.2) is 0 Å². The quantitative estimate of drug-likeness (QED) is 0.587. The Morgan fingerprint density at radius 2 is 1.84 bits per heavy atom. The lowest BCUT2D eigenvalue weighted by Gasteiger charge is -2.52. The molecule has 3 aliphatic rings. The van der Waals surface area contributed by atoms with Crippen LogP contribution in [0.1, 0.15) is 84.5 Å². The summed E-state index contributed by atoms with van der Waals surface area (Å²) >= 11 is 0. The molecule has 3 unspecified atom stereocenters. The molecule has 4 heteroatoms. The molecule has 0 aromatic heterocycles. The van der Waals surface area contributed by atoms with Crippen molar-refractivity contribution in [2.75, 3.05) is 7.05 Å². The molecule has 0 aromatic rings. The fourth-order valence-electron chi connectivity index (χ4n) is 6.52. The molecule has 0 aliphatic heterocycles. The van der Waals surface area contributed by atoms with Gasteiger partial charge in [0.25, 0.3) is 0 Å². The summed E-state index contributed by atoms with van der Waals surface area (Å²) in [7, 11) is 1.94. The van der Waals surface area contributed by atoms with Crippen molar-refractivity contribution in [3.05, 3.63) is 0 Å². The molecule has 0 spiro atoms. The summed E-state index contributed by atoms with van der Waals surface area (Å²) in [6, 6.07) is 0. The molecule has 3 fully saturated rings. The summed E-state index contributed by atoms with van der Waals surface area (Å²) < 4.78 is 0. The van der Waals surface area contributed by atoms with Gasteiger partial charge in [0.1, 0.15) is 5.78 Å². The first-order chi connectivity index (χ1) is 11.8. The maximum absolute atomic E-state index is 13.1. The fourth-order valence-corrected chi connectivity index (χ4v) is 6.52. The lowest BCUT2D eigenvalue weighted by atomic mass is 9.60. The second-order valence-electron chi connectivity index (χ2n) is 9.32. The van der Waals surface area contributed by atoms with E-state index in [0.29, 0.717) is 24.0 Å². The first-order valence-corrected chi connectivity index (χ1v) is 10.4. The third kappa shape index (κ3) is 2.90. The van der Waals surface area contributed by atoms with Crippen LogP contribution in [0.25, 0.3) is 0 Å². The Hall–Kier alpha value is -1.06. The second-order valence-corrected chi connectivity index (χ2v) is 9.32. The maximum atomic E-state index is 13.1. The number of guanidine groups is 1. The molecule has 0 bridgehead atoms. The Morgan fingerprint density at radius 1 is 1.16 bits per heavy atom. The number of rotatable bonds is 4. The zero-order valence-electron chi connectivity index (χ0n) is 16.4. The number of hydrogen-bond acceptors (Lipinski definition) is 2. The van der Waals surface area contributed by atoms with Crippen molar-refractivity contribution < 1.29 is 4.79 Å². The van der Waals surface area contributed by atoms with E-state index in [2.05, 4.69) is 13.8 Å². The van der Waals surface area contributed by atoms with Crippen LogP contribution in [0.2, 0.25) is 0 Å². The number of ketones is 1. The van der Waals surface area contributed by atoms with E-state index in [1.54, 1.807) is 0 Å². The average molecular weight is 348 g/mol.